The Balaban J connectivity index is 2.22. The second-order valence-electron chi connectivity index (χ2n) is 4.81. The Labute approximate surface area is 137 Å². The molecule has 116 valence electrons. The zero-order chi connectivity index (χ0) is 16.4. The first kappa shape index (κ1) is 15.3. The van der Waals surface area contributed by atoms with E-state index in [1.165, 1.54) is 28.5 Å². The van der Waals surface area contributed by atoms with Crippen LogP contribution in [-0.4, -0.2) is 32.3 Å². The molecule has 0 amide bonds. The second kappa shape index (κ2) is 6.26. The standard InChI is InChI=1S/C17H14N2O3S/c1-2-23-17-18-13-9-5-6-10-14(13)19(17)15(20)11-7-3-4-8-12(11)16(21)22/h3-10H,2H2,1H3,(H,21,22). The van der Waals surface area contributed by atoms with E-state index in [0.29, 0.717) is 16.2 Å². The molecule has 0 unspecified atom stereocenters. The minimum atomic E-state index is -1.12. The Morgan fingerprint density at radius 3 is 2.43 bits per heavy atom. The van der Waals surface area contributed by atoms with Crippen molar-refractivity contribution in [3.8, 4) is 0 Å². The van der Waals surface area contributed by atoms with Crippen LogP contribution < -0.4 is 0 Å². The molecule has 0 spiro atoms. The molecule has 0 aliphatic heterocycles. The maximum absolute atomic E-state index is 13.0. The number of carbonyl (C=O) groups is 2. The number of imidazole rings is 1. The van der Waals surface area contributed by atoms with Crippen molar-refractivity contribution in [1.29, 1.82) is 0 Å². The molecular weight excluding hydrogens is 312 g/mol. The Morgan fingerprint density at radius 1 is 1.09 bits per heavy atom. The van der Waals surface area contributed by atoms with Crippen molar-refractivity contribution >= 4 is 34.7 Å². The monoisotopic (exact) mass is 326 g/mol. The van der Waals surface area contributed by atoms with Crippen LogP contribution in [0, 0.1) is 0 Å². The van der Waals surface area contributed by atoms with Gasteiger partial charge in [-0.25, -0.2) is 9.78 Å². The first-order chi connectivity index (χ1) is 11.1. The third-order valence-corrected chi connectivity index (χ3v) is 4.22. The number of carboxylic acid groups (broad SMARTS) is 1. The lowest BCUT2D eigenvalue weighted by atomic mass is 10.1. The lowest BCUT2D eigenvalue weighted by Gasteiger charge is -2.09. The van der Waals surface area contributed by atoms with E-state index < -0.39 is 5.97 Å². The molecule has 1 heterocycles. The summed E-state index contributed by atoms with van der Waals surface area (Å²) in [7, 11) is 0. The Morgan fingerprint density at radius 2 is 1.74 bits per heavy atom. The Bertz CT molecular complexity index is 902. The lowest BCUT2D eigenvalue weighted by Crippen LogP contribution is -2.17. The van der Waals surface area contributed by atoms with Crippen LogP contribution in [0.25, 0.3) is 11.0 Å². The number of nitrogens with zero attached hydrogens (tertiary/aromatic N) is 2. The molecule has 3 rings (SSSR count). The molecule has 0 radical (unpaired) electrons. The highest BCUT2D eigenvalue weighted by atomic mass is 32.2. The summed E-state index contributed by atoms with van der Waals surface area (Å²) in [6.07, 6.45) is 0. The maximum atomic E-state index is 13.0. The topological polar surface area (TPSA) is 72.2 Å². The fourth-order valence-corrected chi connectivity index (χ4v) is 3.13. The summed E-state index contributed by atoms with van der Waals surface area (Å²) >= 11 is 1.45. The van der Waals surface area contributed by atoms with Crippen LogP contribution in [0.5, 0.6) is 0 Å². The van der Waals surface area contributed by atoms with Crippen LogP contribution in [0.2, 0.25) is 0 Å². The third-order valence-electron chi connectivity index (χ3n) is 3.39. The van der Waals surface area contributed by atoms with Gasteiger partial charge >= 0.3 is 5.97 Å². The van der Waals surface area contributed by atoms with Crippen molar-refractivity contribution in [3.63, 3.8) is 0 Å². The largest absolute Gasteiger partial charge is 0.478 e. The van der Waals surface area contributed by atoms with Gasteiger partial charge in [0.2, 0.25) is 0 Å². The highest BCUT2D eigenvalue weighted by molar-refractivity contribution is 7.99. The predicted octanol–water partition coefficient (Wildman–Crippen LogP) is 3.54. The van der Waals surface area contributed by atoms with Crippen molar-refractivity contribution in [2.45, 2.75) is 12.1 Å². The van der Waals surface area contributed by atoms with Gasteiger partial charge in [-0.05, 0) is 30.0 Å². The molecule has 0 saturated heterocycles. The predicted molar refractivity (Wildman–Crippen MR) is 89.3 cm³/mol. The summed E-state index contributed by atoms with van der Waals surface area (Å²) in [6.45, 7) is 1.98. The maximum Gasteiger partial charge on any atom is 0.336 e. The van der Waals surface area contributed by atoms with E-state index in [4.69, 9.17) is 0 Å². The van der Waals surface area contributed by atoms with E-state index in [0.717, 1.165) is 5.75 Å². The molecule has 3 aromatic rings. The summed E-state index contributed by atoms with van der Waals surface area (Å²) < 4.78 is 1.49. The molecule has 2 aromatic carbocycles. The van der Waals surface area contributed by atoms with E-state index in [9.17, 15) is 14.7 Å². The SMILES string of the molecule is CCSc1nc2ccccc2n1C(=O)c1ccccc1C(=O)O. The van der Waals surface area contributed by atoms with Gasteiger partial charge in [-0.15, -0.1) is 0 Å². The number of hydrogen-bond donors (Lipinski definition) is 1. The minimum Gasteiger partial charge on any atom is -0.478 e. The normalized spacial score (nSPS) is 10.8. The number of carboxylic acids is 1. The number of hydrogen-bond acceptors (Lipinski definition) is 4. The van der Waals surface area contributed by atoms with Crippen LogP contribution in [0.1, 0.15) is 27.6 Å². The fraction of sp³-hybridized carbons (Fsp3) is 0.118. The number of rotatable bonds is 4. The molecule has 5 nitrogen and oxygen atoms in total. The first-order valence-electron chi connectivity index (χ1n) is 7.10. The molecule has 0 bridgehead atoms. The molecule has 6 heteroatoms. The summed E-state index contributed by atoms with van der Waals surface area (Å²) in [5, 5.41) is 9.88. The summed E-state index contributed by atoms with van der Waals surface area (Å²) in [5.74, 6) is -0.743. The number of carbonyl (C=O) groups excluding carboxylic acids is 1. The van der Waals surface area contributed by atoms with Gasteiger partial charge in [0, 0.05) is 0 Å². The number of aromatic carboxylic acids is 1. The van der Waals surface area contributed by atoms with Crippen molar-refractivity contribution in [2.75, 3.05) is 5.75 Å². The van der Waals surface area contributed by atoms with Gasteiger partial charge in [-0.1, -0.05) is 43.0 Å². The number of fused-ring (bicyclic) bond motifs is 1. The zero-order valence-electron chi connectivity index (χ0n) is 12.4. The van der Waals surface area contributed by atoms with Crippen molar-refractivity contribution in [1.82, 2.24) is 9.55 Å². The molecule has 1 N–H and O–H groups in total. The van der Waals surface area contributed by atoms with Gasteiger partial charge in [-0.2, -0.15) is 0 Å². The van der Waals surface area contributed by atoms with E-state index in [1.54, 1.807) is 12.1 Å². The summed E-state index contributed by atoms with van der Waals surface area (Å²) in [4.78, 5) is 28.9. The average Bonchev–Trinajstić information content (AvgIpc) is 2.92. The van der Waals surface area contributed by atoms with Crippen molar-refractivity contribution in [3.05, 3.63) is 59.7 Å². The van der Waals surface area contributed by atoms with E-state index in [2.05, 4.69) is 4.98 Å². The van der Waals surface area contributed by atoms with Crippen molar-refractivity contribution < 1.29 is 14.7 Å². The quantitative estimate of drug-likeness (QED) is 0.743. The smallest absolute Gasteiger partial charge is 0.336 e. The third kappa shape index (κ3) is 2.73. The molecule has 1 aromatic heterocycles. The minimum absolute atomic E-state index is 0.0114. The summed E-state index contributed by atoms with van der Waals surface area (Å²) in [5.41, 5.74) is 1.53. The highest BCUT2D eigenvalue weighted by Crippen LogP contribution is 2.25. The first-order valence-corrected chi connectivity index (χ1v) is 8.09. The van der Waals surface area contributed by atoms with Crippen LogP contribution in [-0.2, 0) is 0 Å². The van der Waals surface area contributed by atoms with Crippen molar-refractivity contribution in [2.24, 2.45) is 0 Å². The zero-order valence-corrected chi connectivity index (χ0v) is 13.2. The molecule has 23 heavy (non-hydrogen) atoms. The van der Waals surface area contributed by atoms with Gasteiger partial charge in [-0.3, -0.25) is 9.36 Å². The van der Waals surface area contributed by atoms with Crippen LogP contribution in [0.3, 0.4) is 0 Å². The number of para-hydroxylation sites is 2. The Hall–Kier alpha value is -2.60. The molecule has 0 saturated carbocycles. The Kier molecular flexibility index (Phi) is 4.16. The van der Waals surface area contributed by atoms with Gasteiger partial charge < -0.3 is 5.11 Å². The van der Waals surface area contributed by atoms with Crippen LogP contribution in [0.15, 0.2) is 53.7 Å². The van der Waals surface area contributed by atoms with Crippen LogP contribution >= 0.6 is 11.8 Å². The molecule has 0 aliphatic carbocycles. The van der Waals surface area contributed by atoms with E-state index in [-0.39, 0.29) is 17.0 Å². The second-order valence-corrected chi connectivity index (χ2v) is 6.04. The van der Waals surface area contributed by atoms with E-state index in [1.807, 2.05) is 31.2 Å². The molecule has 0 fully saturated rings. The van der Waals surface area contributed by atoms with Crippen LogP contribution in [0.4, 0.5) is 0 Å². The van der Waals surface area contributed by atoms with E-state index >= 15 is 0 Å². The van der Waals surface area contributed by atoms with Gasteiger partial charge in [0.25, 0.3) is 5.91 Å². The van der Waals surface area contributed by atoms with Gasteiger partial charge in [0.15, 0.2) is 5.16 Å². The summed E-state index contributed by atoms with van der Waals surface area (Å²) in [6, 6.07) is 13.6. The number of aromatic nitrogens is 2. The number of benzene rings is 2. The van der Waals surface area contributed by atoms with Gasteiger partial charge in [0.05, 0.1) is 22.2 Å². The highest BCUT2D eigenvalue weighted by Gasteiger charge is 2.22. The molecule has 0 aliphatic rings. The molecule has 0 atom stereocenters. The average molecular weight is 326 g/mol. The van der Waals surface area contributed by atoms with Gasteiger partial charge in [0.1, 0.15) is 0 Å². The fourth-order valence-electron chi connectivity index (χ4n) is 2.40. The lowest BCUT2D eigenvalue weighted by molar-refractivity contribution is 0.0691. The number of thioether (sulfide) groups is 1. The molecular formula is C17H14N2O3S.